The zero-order valence-corrected chi connectivity index (χ0v) is 13.6. The molecule has 0 spiro atoms. The van der Waals surface area contributed by atoms with Crippen LogP contribution in [0.5, 0.6) is 0 Å². The molecule has 0 radical (unpaired) electrons. The number of hydrogen-bond acceptors (Lipinski definition) is 1. The highest BCUT2D eigenvalue weighted by molar-refractivity contribution is 6.30. The van der Waals surface area contributed by atoms with Gasteiger partial charge in [-0.15, -0.1) is 0 Å². The van der Waals surface area contributed by atoms with Crippen LogP contribution in [0.3, 0.4) is 0 Å². The van der Waals surface area contributed by atoms with E-state index in [0.29, 0.717) is 15.6 Å². The summed E-state index contributed by atoms with van der Waals surface area (Å²) in [7, 11) is 0. The second-order valence-corrected chi connectivity index (χ2v) is 5.93. The molecule has 21 heavy (non-hydrogen) atoms. The molecule has 2 aromatic carbocycles. The van der Waals surface area contributed by atoms with Gasteiger partial charge >= 0.3 is 0 Å². The third-order valence-electron chi connectivity index (χ3n) is 3.41. The monoisotopic (exact) mass is 325 g/mol. The molecule has 1 unspecified atom stereocenters. The Morgan fingerprint density at radius 3 is 2.24 bits per heavy atom. The Hall–Kier alpha value is -1.09. The standard InChI is InChI=1S/C17H18Cl2FN/c1-3-8-21-17(14-6-4-12(18)9-11(14)2)15-7-5-13(19)10-16(15)20/h4-7,9-10,17,21H,3,8H2,1-2H3. The van der Waals surface area contributed by atoms with Crippen LogP contribution in [-0.4, -0.2) is 6.54 Å². The van der Waals surface area contributed by atoms with E-state index in [-0.39, 0.29) is 11.9 Å². The molecule has 2 aromatic rings. The summed E-state index contributed by atoms with van der Waals surface area (Å²) < 4.78 is 14.3. The molecule has 0 aliphatic heterocycles. The molecule has 1 nitrogen and oxygen atoms in total. The minimum atomic E-state index is -0.301. The summed E-state index contributed by atoms with van der Waals surface area (Å²) in [4.78, 5) is 0. The molecule has 0 saturated heterocycles. The van der Waals surface area contributed by atoms with Crippen LogP contribution in [0.2, 0.25) is 10.0 Å². The maximum atomic E-state index is 14.3. The van der Waals surface area contributed by atoms with Gasteiger partial charge in [0.2, 0.25) is 0 Å². The quantitative estimate of drug-likeness (QED) is 0.762. The van der Waals surface area contributed by atoms with E-state index < -0.39 is 0 Å². The molecular formula is C17H18Cl2FN. The van der Waals surface area contributed by atoms with Gasteiger partial charge in [-0.3, -0.25) is 0 Å². The molecule has 0 saturated carbocycles. The van der Waals surface area contributed by atoms with Gasteiger partial charge in [0.15, 0.2) is 0 Å². The molecule has 112 valence electrons. The van der Waals surface area contributed by atoms with Crippen molar-refractivity contribution in [3.63, 3.8) is 0 Å². The van der Waals surface area contributed by atoms with Gasteiger partial charge in [0.1, 0.15) is 5.82 Å². The first-order valence-electron chi connectivity index (χ1n) is 6.97. The molecule has 2 rings (SSSR count). The Morgan fingerprint density at radius 1 is 1.05 bits per heavy atom. The van der Waals surface area contributed by atoms with Gasteiger partial charge in [-0.1, -0.05) is 42.3 Å². The highest BCUT2D eigenvalue weighted by Gasteiger charge is 2.19. The summed E-state index contributed by atoms with van der Waals surface area (Å²) in [6, 6.07) is 10.3. The molecule has 0 heterocycles. The van der Waals surface area contributed by atoms with Crippen molar-refractivity contribution < 1.29 is 4.39 Å². The molecule has 0 aliphatic carbocycles. The number of halogens is 3. The van der Waals surface area contributed by atoms with E-state index >= 15 is 0 Å². The van der Waals surface area contributed by atoms with Crippen molar-refractivity contribution in [3.8, 4) is 0 Å². The molecule has 1 N–H and O–H groups in total. The first-order valence-corrected chi connectivity index (χ1v) is 7.73. The number of nitrogens with one attached hydrogen (secondary N) is 1. The van der Waals surface area contributed by atoms with Crippen LogP contribution in [0.1, 0.15) is 36.1 Å². The zero-order valence-electron chi connectivity index (χ0n) is 12.1. The normalized spacial score (nSPS) is 12.4. The fourth-order valence-corrected chi connectivity index (χ4v) is 2.76. The van der Waals surface area contributed by atoms with Crippen LogP contribution >= 0.6 is 23.2 Å². The van der Waals surface area contributed by atoms with E-state index in [1.165, 1.54) is 6.07 Å². The first kappa shape index (κ1) is 16.3. The Morgan fingerprint density at radius 2 is 1.67 bits per heavy atom. The summed E-state index contributed by atoms with van der Waals surface area (Å²) in [5.41, 5.74) is 2.65. The van der Waals surface area contributed by atoms with Crippen LogP contribution < -0.4 is 5.32 Å². The second-order valence-electron chi connectivity index (χ2n) is 5.05. The molecule has 0 aromatic heterocycles. The summed E-state index contributed by atoms with van der Waals surface area (Å²) >= 11 is 11.9. The van der Waals surface area contributed by atoms with Crippen molar-refractivity contribution in [1.82, 2.24) is 5.32 Å². The number of hydrogen-bond donors (Lipinski definition) is 1. The largest absolute Gasteiger partial charge is 0.306 e. The zero-order chi connectivity index (χ0) is 15.4. The summed E-state index contributed by atoms with van der Waals surface area (Å²) in [6.45, 7) is 4.86. The van der Waals surface area contributed by atoms with Crippen molar-refractivity contribution >= 4 is 23.2 Å². The summed E-state index contributed by atoms with van der Waals surface area (Å²) in [6.07, 6.45) is 0.971. The van der Waals surface area contributed by atoms with Gasteiger partial charge in [0.05, 0.1) is 6.04 Å². The molecule has 1 atom stereocenters. The SMILES string of the molecule is CCCNC(c1ccc(Cl)cc1C)c1ccc(Cl)cc1F. The van der Waals surface area contributed by atoms with Gasteiger partial charge < -0.3 is 5.32 Å². The van der Waals surface area contributed by atoms with E-state index in [1.54, 1.807) is 12.1 Å². The number of aryl methyl sites for hydroxylation is 1. The van der Waals surface area contributed by atoms with Crippen molar-refractivity contribution in [2.24, 2.45) is 0 Å². The molecule has 4 heteroatoms. The minimum absolute atomic E-state index is 0.209. The van der Waals surface area contributed by atoms with Gasteiger partial charge in [-0.2, -0.15) is 0 Å². The predicted octanol–water partition coefficient (Wildman–Crippen LogP) is 5.53. The van der Waals surface area contributed by atoms with E-state index in [9.17, 15) is 4.39 Å². The molecule has 0 amide bonds. The third kappa shape index (κ3) is 3.97. The molecule has 0 aliphatic rings. The fourth-order valence-electron chi connectivity index (χ4n) is 2.37. The number of benzene rings is 2. The van der Waals surface area contributed by atoms with Crippen molar-refractivity contribution in [1.29, 1.82) is 0 Å². The Balaban J connectivity index is 2.46. The predicted molar refractivity (Wildman–Crippen MR) is 87.7 cm³/mol. The Labute approximate surface area is 135 Å². The van der Waals surface area contributed by atoms with E-state index in [4.69, 9.17) is 23.2 Å². The van der Waals surface area contributed by atoms with Crippen LogP contribution in [0.4, 0.5) is 4.39 Å². The first-order chi connectivity index (χ1) is 10.0. The van der Waals surface area contributed by atoms with Gasteiger partial charge in [-0.25, -0.2) is 4.39 Å². The highest BCUT2D eigenvalue weighted by Crippen LogP contribution is 2.29. The van der Waals surface area contributed by atoms with Gasteiger partial charge in [0, 0.05) is 15.6 Å². The maximum absolute atomic E-state index is 14.3. The summed E-state index contributed by atoms with van der Waals surface area (Å²) in [5, 5.41) is 4.48. The molecule has 0 fully saturated rings. The average Bonchev–Trinajstić information content (AvgIpc) is 2.42. The lowest BCUT2D eigenvalue weighted by Gasteiger charge is -2.22. The van der Waals surface area contributed by atoms with Crippen molar-refractivity contribution in [3.05, 3.63) is 69.0 Å². The van der Waals surface area contributed by atoms with E-state index in [1.807, 2.05) is 25.1 Å². The topological polar surface area (TPSA) is 12.0 Å². The second kappa shape index (κ2) is 7.26. The van der Waals surface area contributed by atoms with Gasteiger partial charge in [-0.05, 0) is 55.3 Å². The fraction of sp³-hybridized carbons (Fsp3) is 0.294. The van der Waals surface area contributed by atoms with Crippen LogP contribution in [0.25, 0.3) is 0 Å². The van der Waals surface area contributed by atoms with Crippen LogP contribution in [0, 0.1) is 12.7 Å². The van der Waals surface area contributed by atoms with Crippen LogP contribution in [0.15, 0.2) is 36.4 Å². The van der Waals surface area contributed by atoms with Crippen molar-refractivity contribution in [2.45, 2.75) is 26.3 Å². The lowest BCUT2D eigenvalue weighted by atomic mass is 9.94. The lowest BCUT2D eigenvalue weighted by Crippen LogP contribution is -2.24. The average molecular weight is 326 g/mol. The lowest BCUT2D eigenvalue weighted by molar-refractivity contribution is 0.545. The minimum Gasteiger partial charge on any atom is -0.306 e. The van der Waals surface area contributed by atoms with E-state index in [2.05, 4.69) is 12.2 Å². The van der Waals surface area contributed by atoms with Crippen LogP contribution in [-0.2, 0) is 0 Å². The Kier molecular flexibility index (Phi) is 5.63. The van der Waals surface area contributed by atoms with Gasteiger partial charge in [0.25, 0.3) is 0 Å². The molecular weight excluding hydrogens is 308 g/mol. The number of rotatable bonds is 5. The Bertz CT molecular complexity index is 577. The smallest absolute Gasteiger partial charge is 0.129 e. The maximum Gasteiger partial charge on any atom is 0.129 e. The third-order valence-corrected chi connectivity index (χ3v) is 3.89. The summed E-state index contributed by atoms with van der Waals surface area (Å²) in [5.74, 6) is -0.301. The molecule has 0 bridgehead atoms. The van der Waals surface area contributed by atoms with E-state index in [0.717, 1.165) is 24.1 Å². The highest BCUT2D eigenvalue weighted by atomic mass is 35.5. The van der Waals surface area contributed by atoms with Crippen molar-refractivity contribution in [2.75, 3.05) is 6.54 Å².